The average Bonchev–Trinajstić information content (AvgIpc) is 2.36. The van der Waals surface area contributed by atoms with Crippen LogP contribution in [0.1, 0.15) is 12.5 Å². The zero-order valence-electron chi connectivity index (χ0n) is 12.9. The monoisotopic (exact) mass is 402 g/mol. The molecule has 0 aliphatic rings. The zero-order valence-corrected chi connectivity index (χ0v) is 16.2. The topological polar surface area (TPSA) is 33.7 Å². The van der Waals surface area contributed by atoms with Crippen LogP contribution in [0.5, 0.6) is 11.5 Å². The lowest BCUT2D eigenvalue weighted by Gasteiger charge is -2.16. The van der Waals surface area contributed by atoms with Gasteiger partial charge in [0.2, 0.25) is 0 Å². The number of hydrogen-bond acceptors (Lipinski definition) is 4. The fraction of sp³-hybridized carbons (Fsp3) is 0.571. The van der Waals surface area contributed by atoms with Gasteiger partial charge in [0.1, 0.15) is 0 Å². The summed E-state index contributed by atoms with van der Waals surface area (Å²) in [7, 11) is 5.79. The van der Waals surface area contributed by atoms with Gasteiger partial charge in [0, 0.05) is 29.7 Å². The van der Waals surface area contributed by atoms with Crippen LogP contribution in [0.4, 0.5) is 0 Å². The number of nitrogens with one attached hydrogen (secondary N) is 1. The third kappa shape index (κ3) is 8.12. The molecule has 1 aromatic carbocycles. The standard InChI is InChI=1S/C14H23BrN2O2.2ClH/c1-5-19-14-11(10-16-6-7-17(2)3)8-12(15)9-13(14)18-4;;/h8-9,16H,5-7,10H2,1-4H3;2*1H. The lowest BCUT2D eigenvalue weighted by atomic mass is 10.2. The predicted octanol–water partition coefficient (Wildman–Crippen LogP) is 3.35. The first-order valence-corrected chi connectivity index (χ1v) is 7.22. The number of methoxy groups -OCH3 is 1. The van der Waals surface area contributed by atoms with E-state index >= 15 is 0 Å². The van der Waals surface area contributed by atoms with Gasteiger partial charge in [-0.2, -0.15) is 0 Å². The maximum atomic E-state index is 5.70. The van der Waals surface area contributed by atoms with E-state index in [1.54, 1.807) is 7.11 Å². The first-order chi connectivity index (χ1) is 9.08. The van der Waals surface area contributed by atoms with Gasteiger partial charge in [0.25, 0.3) is 0 Å². The van der Waals surface area contributed by atoms with Crippen molar-refractivity contribution in [1.82, 2.24) is 10.2 Å². The molecule has 1 aromatic rings. The Morgan fingerprint density at radius 2 is 1.90 bits per heavy atom. The smallest absolute Gasteiger partial charge is 0.165 e. The number of nitrogens with zero attached hydrogens (tertiary/aromatic N) is 1. The Hall–Kier alpha value is -0.200. The van der Waals surface area contributed by atoms with E-state index in [2.05, 4.69) is 46.3 Å². The van der Waals surface area contributed by atoms with E-state index < -0.39 is 0 Å². The van der Waals surface area contributed by atoms with Crippen molar-refractivity contribution in [3.8, 4) is 11.5 Å². The Balaban J connectivity index is 0. The van der Waals surface area contributed by atoms with E-state index in [-0.39, 0.29) is 24.8 Å². The Labute approximate surface area is 148 Å². The molecule has 0 aliphatic heterocycles. The molecule has 7 heteroatoms. The first kappa shape index (κ1) is 23.1. The third-order valence-corrected chi connectivity index (χ3v) is 3.11. The van der Waals surface area contributed by atoms with Gasteiger partial charge in [-0.05, 0) is 33.2 Å². The van der Waals surface area contributed by atoms with Crippen molar-refractivity contribution in [2.24, 2.45) is 0 Å². The summed E-state index contributed by atoms with van der Waals surface area (Å²) >= 11 is 3.50. The summed E-state index contributed by atoms with van der Waals surface area (Å²) in [5.41, 5.74) is 1.10. The van der Waals surface area contributed by atoms with Crippen LogP contribution in [0.2, 0.25) is 0 Å². The highest BCUT2D eigenvalue weighted by Gasteiger charge is 2.12. The van der Waals surface area contributed by atoms with Crippen molar-refractivity contribution >= 4 is 40.7 Å². The van der Waals surface area contributed by atoms with Crippen molar-refractivity contribution in [1.29, 1.82) is 0 Å². The Morgan fingerprint density at radius 3 is 2.43 bits per heavy atom. The van der Waals surface area contributed by atoms with Crippen LogP contribution in [0, 0.1) is 0 Å². The molecule has 0 bridgehead atoms. The van der Waals surface area contributed by atoms with Gasteiger partial charge in [0.05, 0.1) is 13.7 Å². The summed E-state index contributed by atoms with van der Waals surface area (Å²) in [5.74, 6) is 1.59. The molecule has 124 valence electrons. The third-order valence-electron chi connectivity index (χ3n) is 2.66. The molecule has 0 spiro atoms. The second-order valence-electron chi connectivity index (χ2n) is 4.51. The lowest BCUT2D eigenvalue weighted by Crippen LogP contribution is -2.26. The van der Waals surface area contributed by atoms with Gasteiger partial charge in [-0.25, -0.2) is 0 Å². The fourth-order valence-corrected chi connectivity index (χ4v) is 2.22. The minimum atomic E-state index is 0. The van der Waals surface area contributed by atoms with Crippen LogP contribution >= 0.6 is 40.7 Å². The molecule has 1 rings (SSSR count). The van der Waals surface area contributed by atoms with Crippen molar-refractivity contribution in [3.63, 3.8) is 0 Å². The average molecular weight is 404 g/mol. The van der Waals surface area contributed by atoms with Crippen LogP contribution in [0.25, 0.3) is 0 Å². The summed E-state index contributed by atoms with van der Waals surface area (Å²) in [4.78, 5) is 2.15. The van der Waals surface area contributed by atoms with Crippen LogP contribution in [0.3, 0.4) is 0 Å². The largest absolute Gasteiger partial charge is 0.493 e. The molecule has 21 heavy (non-hydrogen) atoms. The SMILES string of the molecule is CCOc1c(CNCCN(C)C)cc(Br)cc1OC.Cl.Cl. The first-order valence-electron chi connectivity index (χ1n) is 6.43. The van der Waals surface area contributed by atoms with E-state index in [0.29, 0.717) is 6.61 Å². The molecule has 0 saturated carbocycles. The molecule has 0 amide bonds. The number of halogens is 3. The number of ether oxygens (including phenoxy) is 2. The second kappa shape index (κ2) is 12.4. The van der Waals surface area contributed by atoms with E-state index in [0.717, 1.165) is 41.2 Å². The highest BCUT2D eigenvalue weighted by Crippen LogP contribution is 2.34. The quantitative estimate of drug-likeness (QED) is 0.674. The Kier molecular flexibility index (Phi) is 13.6. The highest BCUT2D eigenvalue weighted by molar-refractivity contribution is 9.10. The molecular weight excluding hydrogens is 379 g/mol. The highest BCUT2D eigenvalue weighted by atomic mass is 79.9. The lowest BCUT2D eigenvalue weighted by molar-refractivity contribution is 0.306. The van der Waals surface area contributed by atoms with Crippen LogP contribution in [-0.2, 0) is 6.54 Å². The number of likely N-dealkylation sites (N-methyl/N-ethyl adjacent to an activating group) is 1. The molecule has 0 fully saturated rings. The summed E-state index contributed by atoms with van der Waals surface area (Å²) in [6.07, 6.45) is 0. The summed E-state index contributed by atoms with van der Waals surface area (Å²) in [6.45, 7) is 5.31. The second-order valence-corrected chi connectivity index (χ2v) is 5.43. The van der Waals surface area contributed by atoms with Crippen molar-refractivity contribution in [3.05, 3.63) is 22.2 Å². The minimum Gasteiger partial charge on any atom is -0.493 e. The molecule has 0 aromatic heterocycles. The Bertz CT molecular complexity index is 407. The van der Waals surface area contributed by atoms with Gasteiger partial charge < -0.3 is 19.7 Å². The van der Waals surface area contributed by atoms with E-state index in [4.69, 9.17) is 9.47 Å². The van der Waals surface area contributed by atoms with Gasteiger partial charge in [-0.1, -0.05) is 15.9 Å². The maximum absolute atomic E-state index is 5.70. The van der Waals surface area contributed by atoms with Crippen molar-refractivity contribution in [2.75, 3.05) is 40.9 Å². The molecule has 0 aliphatic carbocycles. The Morgan fingerprint density at radius 1 is 1.24 bits per heavy atom. The molecule has 0 unspecified atom stereocenters. The number of hydrogen-bond donors (Lipinski definition) is 1. The van der Waals surface area contributed by atoms with Crippen LogP contribution < -0.4 is 14.8 Å². The summed E-state index contributed by atoms with van der Waals surface area (Å²) in [6, 6.07) is 3.99. The number of benzene rings is 1. The number of rotatable bonds is 8. The minimum absolute atomic E-state index is 0. The maximum Gasteiger partial charge on any atom is 0.165 e. The fourth-order valence-electron chi connectivity index (χ4n) is 1.74. The van der Waals surface area contributed by atoms with Crippen molar-refractivity contribution < 1.29 is 9.47 Å². The molecule has 0 atom stereocenters. The van der Waals surface area contributed by atoms with E-state index in [1.807, 2.05) is 13.0 Å². The van der Waals surface area contributed by atoms with Gasteiger partial charge >= 0.3 is 0 Å². The van der Waals surface area contributed by atoms with E-state index in [1.165, 1.54) is 0 Å². The molecule has 1 N–H and O–H groups in total. The van der Waals surface area contributed by atoms with Gasteiger partial charge in [-0.15, -0.1) is 24.8 Å². The summed E-state index contributed by atoms with van der Waals surface area (Å²) in [5, 5.41) is 3.41. The molecular formula is C14H25BrCl2N2O2. The van der Waals surface area contributed by atoms with Gasteiger partial charge in [-0.3, -0.25) is 0 Å². The van der Waals surface area contributed by atoms with Crippen LogP contribution in [0.15, 0.2) is 16.6 Å². The summed E-state index contributed by atoms with van der Waals surface area (Å²) < 4.78 is 12.1. The molecule has 0 heterocycles. The zero-order chi connectivity index (χ0) is 14.3. The van der Waals surface area contributed by atoms with Gasteiger partial charge in [0.15, 0.2) is 11.5 Å². The normalized spacial score (nSPS) is 9.81. The van der Waals surface area contributed by atoms with Crippen LogP contribution in [-0.4, -0.2) is 45.8 Å². The molecule has 0 radical (unpaired) electrons. The molecule has 0 saturated heterocycles. The molecule has 4 nitrogen and oxygen atoms in total. The predicted molar refractivity (Wildman–Crippen MR) is 96.6 cm³/mol. The van der Waals surface area contributed by atoms with Crippen molar-refractivity contribution in [2.45, 2.75) is 13.5 Å². The van der Waals surface area contributed by atoms with E-state index in [9.17, 15) is 0 Å².